The molecule has 1 fully saturated rings. The second-order valence-corrected chi connectivity index (χ2v) is 5.46. The lowest BCUT2D eigenvalue weighted by Crippen LogP contribution is -2.37. The van der Waals surface area contributed by atoms with Crippen LogP contribution in [0.25, 0.3) is 10.3 Å². The van der Waals surface area contributed by atoms with Gasteiger partial charge in [-0.2, -0.15) is 4.98 Å². The number of rotatable bonds is 2. The van der Waals surface area contributed by atoms with Crippen molar-refractivity contribution >= 4 is 44.9 Å². The number of ether oxygens (including phenoxy) is 1. The Bertz CT molecular complexity index is 639. The van der Waals surface area contributed by atoms with Gasteiger partial charge in [-0.15, -0.1) is 0 Å². The number of halogens is 1. The first-order chi connectivity index (χ1) is 9.15. The summed E-state index contributed by atoms with van der Waals surface area (Å²) >= 11 is 7.19. The lowest BCUT2D eigenvalue weighted by atomic mass is 10.4. The van der Waals surface area contributed by atoms with Gasteiger partial charge in [-0.1, -0.05) is 11.3 Å². The topological polar surface area (TPSA) is 68.2 Å². The number of thiazole rings is 1. The van der Waals surface area contributed by atoms with Gasteiger partial charge in [-0.05, 0) is 11.6 Å². The number of carbonyl (C=O) groups is 1. The van der Waals surface area contributed by atoms with E-state index in [1.807, 2.05) is 0 Å². The third-order valence-electron chi connectivity index (χ3n) is 2.82. The van der Waals surface area contributed by atoms with Gasteiger partial charge in [0.05, 0.1) is 13.2 Å². The van der Waals surface area contributed by atoms with E-state index in [1.54, 1.807) is 0 Å². The highest BCUT2D eigenvalue weighted by Crippen LogP contribution is 2.29. The molecule has 0 radical (unpaired) electrons. The zero-order valence-electron chi connectivity index (χ0n) is 10.2. The van der Waals surface area contributed by atoms with Gasteiger partial charge in [0, 0.05) is 20.0 Å². The van der Waals surface area contributed by atoms with Crippen LogP contribution in [0, 0.1) is 0 Å². The first-order valence-corrected chi connectivity index (χ1v) is 7.02. The number of hydrogen-bond donors (Lipinski definition) is 0. The standard InChI is InChI=1S/C11H11ClN4O2S/c1-6(17)9-13-7-8(16-2-4-18-5-3-16)14-11(12)15-10(7)19-9/h2-5H2,1H3. The lowest BCUT2D eigenvalue weighted by Gasteiger charge is -2.27. The number of carbonyl (C=O) groups excluding carboxylic acids is 1. The summed E-state index contributed by atoms with van der Waals surface area (Å²) in [5.41, 5.74) is 0.640. The molecule has 3 rings (SSSR count). The van der Waals surface area contributed by atoms with E-state index in [9.17, 15) is 4.79 Å². The molecule has 0 unspecified atom stereocenters. The maximum absolute atomic E-state index is 11.4. The van der Waals surface area contributed by atoms with E-state index in [4.69, 9.17) is 16.3 Å². The number of ketones is 1. The molecule has 0 amide bonds. The average molecular weight is 299 g/mol. The second-order valence-electron chi connectivity index (χ2n) is 4.14. The number of hydrogen-bond acceptors (Lipinski definition) is 7. The summed E-state index contributed by atoms with van der Waals surface area (Å²) in [5.74, 6) is 0.606. The number of aromatic nitrogens is 3. The Morgan fingerprint density at radius 3 is 2.74 bits per heavy atom. The third kappa shape index (κ3) is 2.41. The molecule has 0 aromatic carbocycles. The average Bonchev–Trinajstić information content (AvgIpc) is 2.82. The molecule has 1 saturated heterocycles. The molecule has 2 aromatic heterocycles. The van der Waals surface area contributed by atoms with Gasteiger partial charge in [-0.25, -0.2) is 9.97 Å². The van der Waals surface area contributed by atoms with Crippen LogP contribution in [0.2, 0.25) is 5.28 Å². The Kier molecular flexibility index (Phi) is 3.34. The van der Waals surface area contributed by atoms with Crippen LogP contribution in [-0.4, -0.2) is 47.0 Å². The molecule has 0 aliphatic carbocycles. The van der Waals surface area contributed by atoms with Crippen molar-refractivity contribution < 1.29 is 9.53 Å². The number of fused-ring (bicyclic) bond motifs is 1. The van der Waals surface area contributed by atoms with Crippen LogP contribution in [0.1, 0.15) is 16.7 Å². The van der Waals surface area contributed by atoms with E-state index >= 15 is 0 Å². The van der Waals surface area contributed by atoms with Crippen LogP contribution >= 0.6 is 22.9 Å². The molecule has 1 aliphatic rings. The number of Topliss-reactive ketones (excluding diaryl/α,β-unsaturated/α-hetero) is 1. The molecule has 1 aliphatic heterocycles. The van der Waals surface area contributed by atoms with E-state index in [0.717, 1.165) is 13.1 Å². The van der Waals surface area contributed by atoms with Gasteiger partial charge in [0.2, 0.25) is 5.28 Å². The Balaban J connectivity index is 2.13. The maximum atomic E-state index is 11.4. The fraction of sp³-hybridized carbons (Fsp3) is 0.455. The third-order valence-corrected chi connectivity index (χ3v) is 4.04. The number of anilines is 1. The molecule has 0 atom stereocenters. The predicted molar refractivity (Wildman–Crippen MR) is 73.3 cm³/mol. The number of morpholine rings is 1. The largest absolute Gasteiger partial charge is 0.378 e. The Morgan fingerprint density at radius 1 is 1.32 bits per heavy atom. The van der Waals surface area contributed by atoms with Gasteiger partial charge in [0.25, 0.3) is 0 Å². The van der Waals surface area contributed by atoms with Gasteiger partial charge in [0.1, 0.15) is 5.52 Å². The van der Waals surface area contributed by atoms with Gasteiger partial charge in [0.15, 0.2) is 21.4 Å². The molecular weight excluding hydrogens is 288 g/mol. The first kappa shape index (κ1) is 12.7. The Labute approximate surface area is 118 Å². The van der Waals surface area contributed by atoms with E-state index < -0.39 is 0 Å². The van der Waals surface area contributed by atoms with Gasteiger partial charge >= 0.3 is 0 Å². The molecule has 0 saturated carbocycles. The van der Waals surface area contributed by atoms with Crippen molar-refractivity contribution in [3.05, 3.63) is 10.3 Å². The van der Waals surface area contributed by atoms with Crippen molar-refractivity contribution in [2.24, 2.45) is 0 Å². The Hall–Kier alpha value is -1.31. The van der Waals surface area contributed by atoms with Gasteiger partial charge in [-0.3, -0.25) is 4.79 Å². The van der Waals surface area contributed by atoms with Gasteiger partial charge < -0.3 is 9.64 Å². The molecule has 0 bridgehead atoms. The maximum Gasteiger partial charge on any atom is 0.225 e. The molecule has 0 spiro atoms. The highest BCUT2D eigenvalue weighted by Gasteiger charge is 2.20. The fourth-order valence-corrected chi connectivity index (χ4v) is 2.97. The highest BCUT2D eigenvalue weighted by atomic mass is 35.5. The zero-order chi connectivity index (χ0) is 13.4. The molecule has 2 aromatic rings. The first-order valence-electron chi connectivity index (χ1n) is 5.83. The molecule has 8 heteroatoms. The summed E-state index contributed by atoms with van der Waals surface area (Å²) in [4.78, 5) is 26.8. The quantitative estimate of drug-likeness (QED) is 0.622. The minimum absolute atomic E-state index is 0.0768. The Morgan fingerprint density at radius 2 is 2.05 bits per heavy atom. The molecule has 6 nitrogen and oxygen atoms in total. The van der Waals surface area contributed by atoms with Crippen LogP contribution in [-0.2, 0) is 4.74 Å². The molecule has 3 heterocycles. The van der Waals surface area contributed by atoms with Crippen molar-refractivity contribution in [3.63, 3.8) is 0 Å². The van der Waals surface area contributed by atoms with E-state index in [2.05, 4.69) is 19.9 Å². The van der Waals surface area contributed by atoms with Crippen molar-refractivity contribution in [3.8, 4) is 0 Å². The zero-order valence-corrected chi connectivity index (χ0v) is 11.8. The fourth-order valence-electron chi connectivity index (χ4n) is 1.93. The second kappa shape index (κ2) is 4.99. The van der Waals surface area contributed by atoms with Crippen LogP contribution in [0.15, 0.2) is 0 Å². The molecule has 0 N–H and O–H groups in total. The van der Waals surface area contributed by atoms with Crippen LogP contribution < -0.4 is 4.90 Å². The molecule has 100 valence electrons. The summed E-state index contributed by atoms with van der Waals surface area (Å²) in [6.45, 7) is 4.24. The van der Waals surface area contributed by atoms with Crippen LogP contribution in [0.3, 0.4) is 0 Å². The van der Waals surface area contributed by atoms with Crippen molar-refractivity contribution in [2.45, 2.75) is 6.92 Å². The monoisotopic (exact) mass is 298 g/mol. The summed E-state index contributed by atoms with van der Waals surface area (Å²) in [5, 5.41) is 0.605. The normalized spacial score (nSPS) is 16.0. The predicted octanol–water partition coefficient (Wildman–Crippen LogP) is 1.78. The van der Waals surface area contributed by atoms with Crippen molar-refractivity contribution in [2.75, 3.05) is 31.2 Å². The SMILES string of the molecule is CC(=O)c1nc2c(N3CCOCC3)nc(Cl)nc2s1. The van der Waals surface area contributed by atoms with Crippen LogP contribution in [0.5, 0.6) is 0 Å². The van der Waals surface area contributed by atoms with Crippen LogP contribution in [0.4, 0.5) is 5.82 Å². The smallest absolute Gasteiger partial charge is 0.225 e. The molecular formula is C11H11ClN4O2S. The minimum atomic E-state index is -0.0768. The highest BCUT2D eigenvalue weighted by molar-refractivity contribution is 7.20. The van der Waals surface area contributed by atoms with Crippen molar-refractivity contribution in [1.82, 2.24) is 15.0 Å². The van der Waals surface area contributed by atoms with E-state index in [0.29, 0.717) is 34.4 Å². The van der Waals surface area contributed by atoms with E-state index in [1.165, 1.54) is 18.3 Å². The summed E-state index contributed by atoms with van der Waals surface area (Å²) < 4.78 is 5.32. The summed E-state index contributed by atoms with van der Waals surface area (Å²) in [6, 6.07) is 0. The van der Waals surface area contributed by atoms with Crippen molar-refractivity contribution in [1.29, 1.82) is 0 Å². The lowest BCUT2D eigenvalue weighted by molar-refractivity contribution is 0.101. The number of nitrogens with zero attached hydrogens (tertiary/aromatic N) is 4. The summed E-state index contributed by atoms with van der Waals surface area (Å²) in [7, 11) is 0. The minimum Gasteiger partial charge on any atom is -0.378 e. The molecule has 19 heavy (non-hydrogen) atoms. The van der Waals surface area contributed by atoms with E-state index in [-0.39, 0.29) is 11.1 Å². The summed E-state index contributed by atoms with van der Waals surface area (Å²) in [6.07, 6.45) is 0.